The van der Waals surface area contributed by atoms with Gasteiger partial charge in [-0.3, -0.25) is 0 Å². The van der Waals surface area contributed by atoms with E-state index in [1.165, 1.54) is 25.4 Å². The Bertz CT molecular complexity index is 2210. The Balaban J connectivity index is 1.99. The van der Waals surface area contributed by atoms with Gasteiger partial charge in [0.15, 0.2) is 0 Å². The Morgan fingerprint density at radius 1 is 0.387 bits per heavy atom. The summed E-state index contributed by atoms with van der Waals surface area (Å²) < 4.78 is 8.30. The van der Waals surface area contributed by atoms with Gasteiger partial charge in [0.25, 0.3) is 0 Å². The summed E-state index contributed by atoms with van der Waals surface area (Å²) in [5.41, 5.74) is 23.5. The first-order chi connectivity index (χ1) is 29.0. The largest absolute Gasteiger partial charge is 0.129 e. The van der Waals surface area contributed by atoms with E-state index in [9.17, 15) is 0 Å². The minimum absolute atomic E-state index is 1.04. The van der Waals surface area contributed by atoms with Gasteiger partial charge in [-0.05, 0) is 81.7 Å². The van der Waals surface area contributed by atoms with Crippen molar-refractivity contribution >= 4 is 151 Å². The van der Waals surface area contributed by atoms with Gasteiger partial charge in [-0.15, -0.1) is 69.2 Å². The van der Waals surface area contributed by atoms with E-state index >= 15 is 0 Å². The van der Waals surface area contributed by atoms with Crippen LogP contribution < -0.4 is 0 Å². The maximum atomic E-state index is 3.70. The molecule has 0 aliphatic carbocycles. The zero-order valence-corrected chi connectivity index (χ0v) is 50.2. The Morgan fingerprint density at radius 3 is 0.839 bits per heavy atom. The highest BCUT2D eigenvalue weighted by molar-refractivity contribution is 8.41. The smallest absolute Gasteiger partial charge is 0.127 e. The standard InChI is InChI=1S/C50H64S8Si4/c1-17-51-47-48(52-18-2)56-45(55-47)35-43-33-39(23-27-59(5,6)7)37(31-41(43)25-29-61(11,12)13)21-22-38-32-42(26-30-62(14,15)16)44(34-40(38)24-28-60(8,9)10)36-46-57-49(53-19-3)50(58-46)54-20-4/h21-22,31-36H,17-20H2,1-16H3/b22-21+. The number of benzene rings is 2. The summed E-state index contributed by atoms with van der Waals surface area (Å²) in [6.45, 7) is 36.8. The van der Waals surface area contributed by atoms with Crippen LogP contribution in [0.3, 0.4) is 0 Å². The second-order valence-corrected chi connectivity index (χ2v) is 48.5. The Kier molecular flexibility index (Phi) is 20.9. The summed E-state index contributed by atoms with van der Waals surface area (Å²) in [6, 6.07) is 9.20. The van der Waals surface area contributed by atoms with Crippen LogP contribution in [0.5, 0.6) is 0 Å². The minimum Gasteiger partial charge on any atom is -0.127 e. The van der Waals surface area contributed by atoms with Crippen LogP contribution in [0.1, 0.15) is 72.2 Å². The van der Waals surface area contributed by atoms with Gasteiger partial charge >= 0.3 is 0 Å². The van der Waals surface area contributed by atoms with Crippen molar-refractivity contribution < 1.29 is 0 Å². The molecule has 2 aliphatic rings. The van der Waals surface area contributed by atoms with Crippen LogP contribution >= 0.6 is 94.1 Å². The van der Waals surface area contributed by atoms with Crippen molar-refractivity contribution in [2.24, 2.45) is 0 Å². The fraction of sp³-hybridized carbons (Fsp3) is 0.400. The fourth-order valence-electron chi connectivity index (χ4n) is 5.24. The highest BCUT2D eigenvalue weighted by Gasteiger charge is 2.24. The maximum absolute atomic E-state index is 3.70. The van der Waals surface area contributed by atoms with Gasteiger partial charge in [-0.25, -0.2) is 0 Å². The number of hydrogen-bond acceptors (Lipinski definition) is 8. The van der Waals surface area contributed by atoms with Crippen LogP contribution in [0.25, 0.3) is 24.3 Å². The molecule has 2 aliphatic heterocycles. The molecular weight excluding hydrogens is 969 g/mol. The molecule has 4 rings (SSSR count). The molecule has 0 bridgehead atoms. The van der Waals surface area contributed by atoms with Crippen molar-refractivity contribution in [1.82, 2.24) is 0 Å². The van der Waals surface area contributed by atoms with E-state index in [1.54, 1.807) is 0 Å². The van der Waals surface area contributed by atoms with Crippen molar-refractivity contribution in [3.05, 3.63) is 94.2 Å². The third-order valence-corrected chi connectivity index (χ3v) is 21.7. The van der Waals surface area contributed by atoms with Gasteiger partial charge in [0.2, 0.25) is 0 Å². The molecule has 328 valence electrons. The molecular formula is C50H64S8Si4. The fourth-order valence-corrected chi connectivity index (χ4v) is 18.4. The van der Waals surface area contributed by atoms with E-state index in [-0.39, 0.29) is 0 Å². The first-order valence-corrected chi connectivity index (χ1v) is 42.5. The number of hydrogen-bond donors (Lipinski definition) is 0. The Morgan fingerprint density at radius 2 is 0.613 bits per heavy atom. The summed E-state index contributed by atoms with van der Waals surface area (Å²) in [5, 5.41) is 0. The first-order valence-electron chi connectivity index (χ1n) is 21.3. The molecule has 62 heavy (non-hydrogen) atoms. The molecule has 0 nitrogen and oxygen atoms in total. The van der Waals surface area contributed by atoms with E-state index in [1.807, 2.05) is 94.1 Å². The summed E-state index contributed by atoms with van der Waals surface area (Å²) in [7, 11) is -6.72. The normalized spacial score (nSPS) is 14.6. The van der Waals surface area contributed by atoms with E-state index < -0.39 is 32.3 Å². The number of rotatable bonds is 12. The SMILES string of the molecule is CCSC1=C(SCC)SC(=Cc2cc(C#C[Si](C)(C)C)c(/C=C/c3cc(C#C[Si](C)(C)C)c(C=C4SC(SCC)=C(SCC)S4)cc3C#C[Si](C)(C)C)cc2C#C[Si](C)(C)C)S1. The summed E-state index contributed by atoms with van der Waals surface area (Å²) >= 11 is 15.4. The Hall–Kier alpha value is -0.952. The first kappa shape index (κ1) is 53.7. The monoisotopic (exact) mass is 1030 g/mol. The van der Waals surface area contributed by atoms with Gasteiger partial charge < -0.3 is 0 Å². The predicted octanol–water partition coefficient (Wildman–Crippen LogP) is 17.6. The van der Waals surface area contributed by atoms with Crippen molar-refractivity contribution in [1.29, 1.82) is 0 Å². The average molecular weight is 1030 g/mol. The third kappa shape index (κ3) is 18.4. The van der Waals surface area contributed by atoms with Gasteiger partial charge in [0, 0.05) is 22.3 Å². The summed E-state index contributed by atoms with van der Waals surface area (Å²) in [5.74, 6) is 19.1. The lowest BCUT2D eigenvalue weighted by atomic mass is 9.95. The lowest BCUT2D eigenvalue weighted by Gasteiger charge is -2.11. The second-order valence-electron chi connectivity index (χ2n) is 18.6. The average Bonchev–Trinajstić information content (AvgIpc) is 3.72. The molecule has 0 amide bonds. The van der Waals surface area contributed by atoms with Crippen LogP contribution in [0.2, 0.25) is 78.6 Å². The van der Waals surface area contributed by atoms with Gasteiger partial charge in [0.1, 0.15) is 32.3 Å². The van der Waals surface area contributed by atoms with E-state index in [4.69, 9.17) is 0 Å². The quantitative estimate of drug-likeness (QED) is 0.116. The Labute approximate surface area is 415 Å². The van der Waals surface area contributed by atoms with E-state index in [0.29, 0.717) is 0 Å². The third-order valence-electron chi connectivity index (χ3n) is 7.93. The lowest BCUT2D eigenvalue weighted by molar-refractivity contribution is 1.52. The van der Waals surface area contributed by atoms with E-state index in [0.717, 1.165) is 67.5 Å². The second kappa shape index (κ2) is 24.2. The zero-order valence-electron chi connectivity index (χ0n) is 39.7. The summed E-state index contributed by atoms with van der Waals surface area (Å²) in [4.78, 5) is 0. The molecule has 0 N–H and O–H groups in total. The minimum atomic E-state index is -1.69. The zero-order chi connectivity index (χ0) is 45.9. The predicted molar refractivity (Wildman–Crippen MR) is 316 cm³/mol. The molecule has 0 atom stereocenters. The molecule has 0 saturated carbocycles. The lowest BCUT2D eigenvalue weighted by Crippen LogP contribution is -2.16. The molecule has 0 spiro atoms. The molecule has 0 unspecified atom stereocenters. The van der Waals surface area contributed by atoms with Crippen LogP contribution in [0, 0.1) is 45.9 Å². The van der Waals surface area contributed by atoms with Crippen molar-refractivity contribution in [2.45, 2.75) is 106 Å². The van der Waals surface area contributed by atoms with Gasteiger partial charge in [-0.1, -0.05) is 189 Å². The highest BCUT2D eigenvalue weighted by atomic mass is 32.3. The van der Waals surface area contributed by atoms with Gasteiger partial charge in [-0.2, -0.15) is 0 Å². The van der Waals surface area contributed by atoms with Crippen molar-refractivity contribution in [3.63, 3.8) is 0 Å². The molecule has 2 heterocycles. The molecule has 0 fully saturated rings. The maximum Gasteiger partial charge on any atom is 0.129 e. The molecule has 2 aromatic carbocycles. The van der Waals surface area contributed by atoms with E-state index in [2.05, 4.69) is 201 Å². The van der Waals surface area contributed by atoms with Gasteiger partial charge in [0.05, 0.1) is 25.4 Å². The molecule has 0 aromatic heterocycles. The number of thioether (sulfide) groups is 8. The molecule has 0 radical (unpaired) electrons. The van der Waals surface area contributed by atoms with Crippen molar-refractivity contribution in [3.8, 4) is 45.9 Å². The summed E-state index contributed by atoms with van der Waals surface area (Å²) in [6.07, 6.45) is 9.24. The highest BCUT2D eigenvalue weighted by Crippen LogP contribution is 2.58. The van der Waals surface area contributed by atoms with Crippen LogP contribution in [-0.2, 0) is 0 Å². The van der Waals surface area contributed by atoms with Crippen LogP contribution in [0.4, 0.5) is 0 Å². The van der Waals surface area contributed by atoms with Crippen LogP contribution in [0.15, 0.2) is 49.7 Å². The molecule has 0 saturated heterocycles. The molecule has 12 heteroatoms. The van der Waals surface area contributed by atoms with Crippen molar-refractivity contribution in [2.75, 3.05) is 23.0 Å². The molecule has 2 aromatic rings. The van der Waals surface area contributed by atoms with Crippen LogP contribution in [-0.4, -0.2) is 55.3 Å². The topological polar surface area (TPSA) is 0 Å².